The van der Waals surface area contributed by atoms with Crippen LogP contribution in [-0.4, -0.2) is 40.1 Å². The summed E-state index contributed by atoms with van der Waals surface area (Å²) in [4.78, 5) is 25.1. The van der Waals surface area contributed by atoms with Crippen molar-refractivity contribution < 1.29 is 19.2 Å². The van der Waals surface area contributed by atoms with Crippen LogP contribution in [0.2, 0.25) is 5.02 Å². The number of carboxylic acid groups (broad SMARTS) is 1. The summed E-state index contributed by atoms with van der Waals surface area (Å²) in [5, 5.41) is 13.6. The van der Waals surface area contributed by atoms with Crippen LogP contribution < -0.4 is 0 Å². The number of aliphatic carboxylic acids is 1. The van der Waals surface area contributed by atoms with Crippen LogP contribution in [0, 0.1) is 11.8 Å². The van der Waals surface area contributed by atoms with Crippen molar-refractivity contribution in [3.05, 3.63) is 41.1 Å². The van der Waals surface area contributed by atoms with Crippen LogP contribution in [0.4, 0.5) is 0 Å². The number of hydrogen-bond donors (Lipinski definition) is 1. The van der Waals surface area contributed by atoms with Crippen LogP contribution in [-0.2, 0) is 4.79 Å². The lowest BCUT2D eigenvalue weighted by atomic mass is 9.99. The molecule has 1 aliphatic rings. The number of carbonyl (C=O) groups is 2. The van der Waals surface area contributed by atoms with E-state index in [1.165, 1.54) is 4.90 Å². The van der Waals surface area contributed by atoms with E-state index in [0.717, 1.165) is 5.56 Å². The van der Waals surface area contributed by atoms with Gasteiger partial charge in [-0.1, -0.05) is 35.8 Å². The molecular weight excluding hydrogens is 320 g/mol. The Hall–Kier alpha value is -2.34. The van der Waals surface area contributed by atoms with Gasteiger partial charge in [0.05, 0.1) is 5.92 Å². The van der Waals surface area contributed by atoms with Gasteiger partial charge in [-0.2, -0.15) is 0 Å². The Morgan fingerprint density at radius 2 is 2.13 bits per heavy atom. The van der Waals surface area contributed by atoms with Crippen molar-refractivity contribution in [3.8, 4) is 11.3 Å². The summed E-state index contributed by atoms with van der Waals surface area (Å²) in [5.74, 6) is -1.77. The molecule has 1 aliphatic heterocycles. The fourth-order valence-electron chi connectivity index (χ4n) is 2.77. The number of halogens is 1. The van der Waals surface area contributed by atoms with Gasteiger partial charge in [-0.25, -0.2) is 0 Å². The fraction of sp³-hybridized carbons (Fsp3) is 0.312. The van der Waals surface area contributed by atoms with Gasteiger partial charge in [-0.15, -0.1) is 0 Å². The van der Waals surface area contributed by atoms with Gasteiger partial charge in [0.25, 0.3) is 5.91 Å². The zero-order valence-electron chi connectivity index (χ0n) is 12.4. The SMILES string of the molecule is C[C@@H]1CN(C(=O)c2cc(-c3cccc(Cl)c3)no2)C[C@H]1C(=O)O. The number of rotatable bonds is 3. The van der Waals surface area contributed by atoms with Crippen molar-refractivity contribution >= 4 is 23.5 Å². The first kappa shape index (κ1) is 15.6. The van der Waals surface area contributed by atoms with E-state index in [1.54, 1.807) is 24.3 Å². The third kappa shape index (κ3) is 3.07. The van der Waals surface area contributed by atoms with Gasteiger partial charge in [0, 0.05) is 29.7 Å². The van der Waals surface area contributed by atoms with Crippen LogP contribution in [0.5, 0.6) is 0 Å². The van der Waals surface area contributed by atoms with E-state index in [1.807, 2.05) is 13.0 Å². The Balaban J connectivity index is 1.78. The Morgan fingerprint density at radius 1 is 1.35 bits per heavy atom. The minimum atomic E-state index is -0.884. The molecule has 0 radical (unpaired) electrons. The van der Waals surface area contributed by atoms with Crippen molar-refractivity contribution in [1.82, 2.24) is 10.1 Å². The number of nitrogens with zero attached hydrogens (tertiary/aromatic N) is 2. The lowest BCUT2D eigenvalue weighted by Crippen LogP contribution is -2.29. The number of amides is 1. The Kier molecular flexibility index (Phi) is 4.09. The van der Waals surface area contributed by atoms with Crippen LogP contribution in [0.15, 0.2) is 34.9 Å². The van der Waals surface area contributed by atoms with E-state index in [9.17, 15) is 9.59 Å². The summed E-state index contributed by atoms with van der Waals surface area (Å²) in [5.41, 5.74) is 1.26. The van der Waals surface area contributed by atoms with Crippen molar-refractivity contribution in [2.75, 3.05) is 13.1 Å². The predicted molar refractivity (Wildman–Crippen MR) is 83.1 cm³/mol. The van der Waals surface area contributed by atoms with Crippen molar-refractivity contribution in [2.45, 2.75) is 6.92 Å². The lowest BCUT2D eigenvalue weighted by molar-refractivity contribution is -0.142. The van der Waals surface area contributed by atoms with E-state index in [4.69, 9.17) is 21.2 Å². The van der Waals surface area contributed by atoms with E-state index in [-0.39, 0.29) is 24.1 Å². The molecule has 2 atom stereocenters. The maximum Gasteiger partial charge on any atom is 0.308 e. The highest BCUT2D eigenvalue weighted by molar-refractivity contribution is 6.30. The van der Waals surface area contributed by atoms with Gasteiger partial charge >= 0.3 is 5.97 Å². The molecule has 1 N–H and O–H groups in total. The summed E-state index contributed by atoms with van der Waals surface area (Å²) < 4.78 is 5.13. The molecule has 7 heteroatoms. The second-order valence-electron chi connectivity index (χ2n) is 5.72. The van der Waals surface area contributed by atoms with E-state index in [2.05, 4.69) is 5.16 Å². The number of carbonyl (C=O) groups excluding carboxylic acids is 1. The van der Waals surface area contributed by atoms with Crippen LogP contribution in [0.25, 0.3) is 11.3 Å². The summed E-state index contributed by atoms with van der Waals surface area (Å²) >= 11 is 5.94. The summed E-state index contributed by atoms with van der Waals surface area (Å²) in [6.07, 6.45) is 0. The molecule has 0 unspecified atom stereocenters. The first-order valence-corrected chi connectivity index (χ1v) is 7.58. The summed E-state index contributed by atoms with van der Waals surface area (Å²) in [6, 6.07) is 8.62. The maximum absolute atomic E-state index is 12.4. The van der Waals surface area contributed by atoms with E-state index < -0.39 is 11.9 Å². The van der Waals surface area contributed by atoms with E-state index in [0.29, 0.717) is 17.3 Å². The monoisotopic (exact) mass is 334 g/mol. The van der Waals surface area contributed by atoms with Crippen molar-refractivity contribution in [1.29, 1.82) is 0 Å². The second-order valence-corrected chi connectivity index (χ2v) is 6.16. The first-order chi connectivity index (χ1) is 11.0. The van der Waals surface area contributed by atoms with Crippen LogP contribution in [0.3, 0.4) is 0 Å². The molecular formula is C16H15ClN2O4. The predicted octanol–water partition coefficient (Wildman–Crippen LogP) is 2.79. The minimum absolute atomic E-state index is 0.0910. The smallest absolute Gasteiger partial charge is 0.308 e. The number of benzene rings is 1. The lowest BCUT2D eigenvalue weighted by Gasteiger charge is -2.13. The van der Waals surface area contributed by atoms with Gasteiger partial charge in [0.2, 0.25) is 5.76 Å². The number of hydrogen-bond acceptors (Lipinski definition) is 4. The Labute approximate surface area is 137 Å². The number of aromatic nitrogens is 1. The third-order valence-electron chi connectivity index (χ3n) is 4.06. The van der Waals surface area contributed by atoms with Crippen molar-refractivity contribution in [3.63, 3.8) is 0 Å². The molecule has 1 fully saturated rings. The summed E-state index contributed by atoms with van der Waals surface area (Å²) in [7, 11) is 0. The molecule has 1 amide bonds. The van der Waals surface area contributed by atoms with Gasteiger partial charge < -0.3 is 14.5 Å². The quantitative estimate of drug-likeness (QED) is 0.933. The average molecular weight is 335 g/mol. The third-order valence-corrected chi connectivity index (χ3v) is 4.29. The highest BCUT2D eigenvalue weighted by Gasteiger charge is 2.38. The largest absolute Gasteiger partial charge is 0.481 e. The van der Waals surface area contributed by atoms with E-state index >= 15 is 0 Å². The molecule has 6 nitrogen and oxygen atoms in total. The molecule has 2 aromatic rings. The molecule has 2 heterocycles. The van der Waals surface area contributed by atoms with Gasteiger partial charge in [0.1, 0.15) is 5.69 Å². The molecule has 120 valence electrons. The zero-order valence-corrected chi connectivity index (χ0v) is 13.2. The molecule has 23 heavy (non-hydrogen) atoms. The Morgan fingerprint density at radius 3 is 2.78 bits per heavy atom. The highest BCUT2D eigenvalue weighted by atomic mass is 35.5. The van der Waals surface area contributed by atoms with Gasteiger partial charge in [-0.3, -0.25) is 9.59 Å². The molecule has 1 aromatic heterocycles. The highest BCUT2D eigenvalue weighted by Crippen LogP contribution is 2.27. The van der Waals surface area contributed by atoms with Crippen LogP contribution in [0.1, 0.15) is 17.5 Å². The first-order valence-electron chi connectivity index (χ1n) is 7.20. The number of carboxylic acids is 1. The molecule has 1 aromatic carbocycles. The van der Waals surface area contributed by atoms with Gasteiger partial charge in [-0.05, 0) is 18.1 Å². The average Bonchev–Trinajstić information content (AvgIpc) is 3.13. The molecule has 0 saturated carbocycles. The zero-order chi connectivity index (χ0) is 16.6. The second kappa shape index (κ2) is 6.04. The number of likely N-dealkylation sites (tertiary alicyclic amines) is 1. The van der Waals surface area contributed by atoms with Gasteiger partial charge in [0.15, 0.2) is 0 Å². The molecule has 0 spiro atoms. The standard InChI is InChI=1S/C16H15ClN2O4/c1-9-7-19(8-12(9)16(21)22)15(20)14-6-13(18-23-14)10-3-2-4-11(17)5-10/h2-6,9,12H,7-8H2,1H3,(H,21,22)/t9-,12-/m1/s1. The molecule has 0 bridgehead atoms. The molecule has 3 rings (SSSR count). The normalized spacial score (nSPS) is 20.7. The molecule has 0 aliphatic carbocycles. The minimum Gasteiger partial charge on any atom is -0.481 e. The topological polar surface area (TPSA) is 83.6 Å². The summed E-state index contributed by atoms with van der Waals surface area (Å²) in [6.45, 7) is 2.40. The molecule has 1 saturated heterocycles. The van der Waals surface area contributed by atoms with Crippen LogP contribution >= 0.6 is 11.6 Å². The van der Waals surface area contributed by atoms with Crippen molar-refractivity contribution in [2.24, 2.45) is 11.8 Å². The fourth-order valence-corrected chi connectivity index (χ4v) is 2.96. The maximum atomic E-state index is 12.4. The Bertz CT molecular complexity index is 758.